The molecule has 1 aromatic carbocycles. The molecule has 0 bridgehead atoms. The number of rotatable bonds is 10. The number of benzene rings is 1. The molecule has 2 aromatic heterocycles. The van der Waals surface area contributed by atoms with Crippen LogP contribution < -0.4 is 15.4 Å². The van der Waals surface area contributed by atoms with Gasteiger partial charge in [-0.05, 0) is 69.0 Å². The number of allylic oxidation sites excluding steroid dienone is 2. The van der Waals surface area contributed by atoms with Gasteiger partial charge in [-0.15, -0.1) is 0 Å². The molecule has 0 fully saturated rings. The van der Waals surface area contributed by atoms with Gasteiger partial charge in [0.05, 0.1) is 22.4 Å². The number of anilines is 1. The Morgan fingerprint density at radius 3 is 2.59 bits per heavy atom. The van der Waals surface area contributed by atoms with Crippen LogP contribution in [-0.4, -0.2) is 38.6 Å². The molecule has 0 amide bonds. The van der Waals surface area contributed by atoms with E-state index in [0.29, 0.717) is 64.5 Å². The van der Waals surface area contributed by atoms with Crippen LogP contribution in [0.2, 0.25) is 5.02 Å². The highest BCUT2D eigenvalue weighted by Crippen LogP contribution is 2.37. The molecule has 39 heavy (non-hydrogen) atoms. The van der Waals surface area contributed by atoms with E-state index >= 15 is 0 Å². The maximum atomic E-state index is 12.7. The number of Topliss-reactive ketones (excluding diaryl/α,β-unsaturated/α-hetero) is 1. The maximum absolute atomic E-state index is 12.7. The first kappa shape index (κ1) is 28.5. The highest BCUT2D eigenvalue weighted by molar-refractivity contribution is 6.33. The molecule has 8 nitrogen and oxygen atoms in total. The number of carbonyl (C=O) groups excluding carboxylic acids is 1. The van der Waals surface area contributed by atoms with E-state index in [0.717, 1.165) is 29.7 Å². The summed E-state index contributed by atoms with van der Waals surface area (Å²) in [5, 5.41) is 10.6. The normalized spacial score (nSPS) is 14.2. The first-order valence-electron chi connectivity index (χ1n) is 13.3. The molecule has 206 valence electrons. The standard InChI is InChI=1S/C30H36ClN5O3/c1-6-8-23(38)16-39-24-9-10-26(31)25(12-24)29-34-28(27(18(4)32)19(5)37)17(3)30(35-29)36-14-20-11-22(7-2)33-13-21(20)15-36/h9-13,23,38H,6-8,14-16,32H2,1-5H3/t23-/m1/s1. The number of aliphatic hydroxyl groups is 1. The molecule has 0 aliphatic carbocycles. The number of aliphatic hydroxyl groups excluding tert-OH is 1. The number of carbonyl (C=O) groups is 1. The number of nitrogens with zero attached hydrogens (tertiary/aromatic N) is 4. The Labute approximate surface area is 234 Å². The number of aromatic nitrogens is 3. The molecule has 4 rings (SSSR count). The molecule has 3 heterocycles. The number of fused-ring (bicyclic) bond motifs is 1. The van der Waals surface area contributed by atoms with Crippen LogP contribution in [0.3, 0.4) is 0 Å². The van der Waals surface area contributed by atoms with Crippen LogP contribution in [0.1, 0.15) is 68.6 Å². The Bertz CT molecular complexity index is 1420. The van der Waals surface area contributed by atoms with Gasteiger partial charge >= 0.3 is 0 Å². The van der Waals surface area contributed by atoms with Crippen molar-refractivity contribution in [1.82, 2.24) is 15.0 Å². The lowest BCUT2D eigenvalue weighted by molar-refractivity contribution is -0.111. The van der Waals surface area contributed by atoms with Crippen LogP contribution in [0.5, 0.6) is 5.75 Å². The number of pyridine rings is 1. The van der Waals surface area contributed by atoms with E-state index in [-0.39, 0.29) is 12.4 Å². The second-order valence-corrected chi connectivity index (χ2v) is 10.4. The Kier molecular flexibility index (Phi) is 8.87. The molecule has 3 aromatic rings. The smallest absolute Gasteiger partial charge is 0.163 e. The molecule has 0 saturated heterocycles. The fourth-order valence-corrected chi connectivity index (χ4v) is 5.06. The number of hydrogen-bond donors (Lipinski definition) is 2. The van der Waals surface area contributed by atoms with Crippen LogP contribution in [0.15, 0.2) is 36.2 Å². The Morgan fingerprint density at radius 1 is 1.18 bits per heavy atom. The average Bonchev–Trinajstić information content (AvgIpc) is 3.32. The van der Waals surface area contributed by atoms with E-state index in [1.807, 2.05) is 20.0 Å². The zero-order valence-electron chi connectivity index (χ0n) is 23.2. The molecule has 0 unspecified atom stereocenters. The van der Waals surface area contributed by atoms with Gasteiger partial charge < -0.3 is 20.5 Å². The van der Waals surface area contributed by atoms with Crippen molar-refractivity contribution in [3.63, 3.8) is 0 Å². The fraction of sp³-hybridized carbons (Fsp3) is 0.400. The van der Waals surface area contributed by atoms with Crippen LogP contribution >= 0.6 is 11.6 Å². The van der Waals surface area contributed by atoms with Crippen molar-refractivity contribution < 1.29 is 14.6 Å². The minimum atomic E-state index is -0.557. The zero-order valence-corrected chi connectivity index (χ0v) is 24.0. The van der Waals surface area contributed by atoms with Crippen molar-refractivity contribution in [3.05, 3.63) is 69.3 Å². The predicted octanol–water partition coefficient (Wildman–Crippen LogP) is 5.40. The third-order valence-electron chi connectivity index (χ3n) is 6.87. The summed E-state index contributed by atoms with van der Waals surface area (Å²) in [6, 6.07) is 7.38. The van der Waals surface area contributed by atoms with Gasteiger partial charge in [0, 0.05) is 41.8 Å². The predicted molar refractivity (Wildman–Crippen MR) is 155 cm³/mol. The second-order valence-electron chi connectivity index (χ2n) is 10.0. The van der Waals surface area contributed by atoms with E-state index in [4.69, 9.17) is 32.0 Å². The van der Waals surface area contributed by atoms with Gasteiger partial charge in [0.2, 0.25) is 0 Å². The van der Waals surface area contributed by atoms with Crippen molar-refractivity contribution in [2.45, 2.75) is 73.1 Å². The Balaban J connectivity index is 1.82. The molecule has 1 atom stereocenters. The summed E-state index contributed by atoms with van der Waals surface area (Å²) in [5.41, 5.74) is 12.1. The van der Waals surface area contributed by atoms with Gasteiger partial charge in [-0.2, -0.15) is 0 Å². The summed E-state index contributed by atoms with van der Waals surface area (Å²) < 4.78 is 5.84. The summed E-state index contributed by atoms with van der Waals surface area (Å²) in [7, 11) is 0. The van der Waals surface area contributed by atoms with E-state index in [1.165, 1.54) is 12.5 Å². The van der Waals surface area contributed by atoms with Crippen LogP contribution in [0.4, 0.5) is 5.82 Å². The lowest BCUT2D eigenvalue weighted by Gasteiger charge is -2.22. The van der Waals surface area contributed by atoms with Gasteiger partial charge in [-0.25, -0.2) is 9.97 Å². The SMILES string of the molecule is CCC[C@@H](O)COc1ccc(Cl)c(-c2nc(C(C(C)=O)=C(C)N)c(C)c(N3Cc4cnc(CC)cc4C3)n2)c1. The monoisotopic (exact) mass is 549 g/mol. The van der Waals surface area contributed by atoms with E-state index in [9.17, 15) is 9.90 Å². The number of ketones is 1. The van der Waals surface area contributed by atoms with Crippen LogP contribution in [0, 0.1) is 6.92 Å². The lowest BCUT2D eigenvalue weighted by Crippen LogP contribution is -2.20. The largest absolute Gasteiger partial charge is 0.491 e. The third-order valence-corrected chi connectivity index (χ3v) is 7.20. The minimum absolute atomic E-state index is 0.170. The minimum Gasteiger partial charge on any atom is -0.491 e. The number of ether oxygens (including phenoxy) is 1. The summed E-state index contributed by atoms with van der Waals surface area (Å²) >= 11 is 6.65. The number of aryl methyl sites for hydroxylation is 1. The van der Waals surface area contributed by atoms with E-state index in [2.05, 4.69) is 22.9 Å². The molecule has 0 saturated carbocycles. The van der Waals surface area contributed by atoms with Crippen molar-refractivity contribution in [2.75, 3.05) is 11.5 Å². The van der Waals surface area contributed by atoms with Crippen molar-refractivity contribution >= 4 is 28.8 Å². The summed E-state index contributed by atoms with van der Waals surface area (Å²) in [6.07, 6.45) is 3.76. The van der Waals surface area contributed by atoms with Crippen molar-refractivity contribution in [1.29, 1.82) is 0 Å². The molecule has 0 radical (unpaired) electrons. The number of nitrogens with two attached hydrogens (primary N) is 1. The van der Waals surface area contributed by atoms with Gasteiger partial charge in [0.1, 0.15) is 18.2 Å². The van der Waals surface area contributed by atoms with E-state index in [1.54, 1.807) is 25.1 Å². The maximum Gasteiger partial charge on any atom is 0.163 e. The summed E-state index contributed by atoms with van der Waals surface area (Å²) in [6.45, 7) is 10.7. The first-order chi connectivity index (χ1) is 18.6. The van der Waals surface area contributed by atoms with Crippen LogP contribution in [-0.2, 0) is 24.3 Å². The number of halogens is 1. The van der Waals surface area contributed by atoms with Crippen LogP contribution in [0.25, 0.3) is 17.0 Å². The molecular formula is C30H36ClN5O3. The average molecular weight is 550 g/mol. The highest BCUT2D eigenvalue weighted by atomic mass is 35.5. The first-order valence-corrected chi connectivity index (χ1v) is 13.7. The van der Waals surface area contributed by atoms with E-state index < -0.39 is 6.10 Å². The quantitative estimate of drug-likeness (QED) is 0.323. The number of hydrogen-bond acceptors (Lipinski definition) is 8. The summed E-state index contributed by atoms with van der Waals surface area (Å²) in [4.78, 5) is 29.2. The molecule has 1 aliphatic heterocycles. The van der Waals surface area contributed by atoms with Gasteiger partial charge in [-0.3, -0.25) is 9.78 Å². The Morgan fingerprint density at radius 2 is 1.92 bits per heavy atom. The molecule has 3 N–H and O–H groups in total. The molecular weight excluding hydrogens is 514 g/mol. The molecule has 1 aliphatic rings. The lowest BCUT2D eigenvalue weighted by atomic mass is 10.0. The van der Waals surface area contributed by atoms with Gasteiger partial charge in [0.15, 0.2) is 11.6 Å². The van der Waals surface area contributed by atoms with Gasteiger partial charge in [-0.1, -0.05) is 31.9 Å². The molecule has 9 heteroatoms. The topological polar surface area (TPSA) is 114 Å². The van der Waals surface area contributed by atoms with Crippen molar-refractivity contribution in [2.24, 2.45) is 5.73 Å². The van der Waals surface area contributed by atoms with Crippen molar-refractivity contribution in [3.8, 4) is 17.1 Å². The zero-order chi connectivity index (χ0) is 28.3. The fourth-order valence-electron chi connectivity index (χ4n) is 4.86. The van der Waals surface area contributed by atoms with Gasteiger partial charge in [0.25, 0.3) is 0 Å². The second kappa shape index (κ2) is 12.1. The third kappa shape index (κ3) is 6.23. The Hall–Kier alpha value is -3.49. The molecule has 0 spiro atoms. The summed E-state index contributed by atoms with van der Waals surface area (Å²) in [5.74, 6) is 1.42. The highest BCUT2D eigenvalue weighted by Gasteiger charge is 2.27.